The third kappa shape index (κ3) is 4.90. The Morgan fingerprint density at radius 3 is 2.34 bits per heavy atom. The summed E-state index contributed by atoms with van der Waals surface area (Å²) in [6.45, 7) is 3.29. The number of nitrogens with two attached hydrogens (primary N) is 1. The van der Waals surface area contributed by atoms with Gasteiger partial charge in [-0.05, 0) is 42.0 Å². The summed E-state index contributed by atoms with van der Waals surface area (Å²) in [5.74, 6) is 2.81. The first-order valence-electron chi connectivity index (χ1n) is 10.1. The zero-order valence-corrected chi connectivity index (χ0v) is 19.1. The van der Waals surface area contributed by atoms with Crippen molar-refractivity contribution in [1.29, 1.82) is 0 Å². The van der Waals surface area contributed by atoms with E-state index in [9.17, 15) is 23.2 Å². The summed E-state index contributed by atoms with van der Waals surface area (Å²) in [5, 5.41) is 9.40. The Balaban J connectivity index is 2.71. The van der Waals surface area contributed by atoms with Crippen LogP contribution in [0.15, 0.2) is 54.6 Å². The first-order valence-corrected chi connectivity index (χ1v) is 12.0. The van der Waals surface area contributed by atoms with Crippen molar-refractivity contribution in [1.82, 2.24) is 10.9 Å². The molecular weight excluding hydrogens is 430 g/mol. The second-order valence-electron chi connectivity index (χ2n) is 7.54. The predicted molar refractivity (Wildman–Crippen MR) is 123 cm³/mol. The van der Waals surface area contributed by atoms with E-state index in [-0.39, 0.29) is 18.4 Å². The van der Waals surface area contributed by atoms with E-state index in [0.717, 1.165) is 11.8 Å². The summed E-state index contributed by atoms with van der Waals surface area (Å²) < 4.78 is 23.9. The van der Waals surface area contributed by atoms with Gasteiger partial charge in [-0.3, -0.25) is 20.2 Å². The van der Waals surface area contributed by atoms with Crippen LogP contribution < -0.4 is 16.7 Å². The van der Waals surface area contributed by atoms with Crippen LogP contribution in [-0.2, 0) is 24.2 Å². The maximum Gasteiger partial charge on any atom is 0.259 e. The minimum absolute atomic E-state index is 0.0986. The van der Waals surface area contributed by atoms with Gasteiger partial charge in [-0.1, -0.05) is 67.6 Å². The number of hydrazine groups is 1. The number of sulfone groups is 1. The zero-order valence-electron chi connectivity index (χ0n) is 18.3. The summed E-state index contributed by atoms with van der Waals surface area (Å²) in [6, 6.07) is 14.3. The molecule has 0 saturated carbocycles. The van der Waals surface area contributed by atoms with E-state index in [1.54, 1.807) is 37.5 Å². The lowest BCUT2D eigenvalue weighted by atomic mass is 9.81. The topological polar surface area (TPSA) is 139 Å². The Morgan fingerprint density at radius 2 is 1.81 bits per heavy atom. The monoisotopic (exact) mass is 459 g/mol. The van der Waals surface area contributed by atoms with Gasteiger partial charge in [0.1, 0.15) is 0 Å². The Labute approximate surface area is 188 Å². The fourth-order valence-electron chi connectivity index (χ4n) is 4.05. The number of amides is 2. The maximum atomic E-state index is 12.9. The molecule has 2 atom stereocenters. The number of aryl methyl sites for hydroxylation is 1. The number of hydrogen-bond donors (Lipinski definition) is 4. The number of allylic oxidation sites excluding steroid dienone is 1. The van der Waals surface area contributed by atoms with Gasteiger partial charge >= 0.3 is 0 Å². The van der Waals surface area contributed by atoms with Crippen molar-refractivity contribution >= 4 is 27.7 Å². The molecule has 2 rings (SSSR count). The van der Waals surface area contributed by atoms with E-state index >= 15 is 0 Å². The molecule has 0 radical (unpaired) electrons. The van der Waals surface area contributed by atoms with E-state index in [0.29, 0.717) is 11.1 Å². The average Bonchev–Trinajstić information content (AvgIpc) is 2.77. The fraction of sp³-hybridized carbons (Fsp3) is 0.304. The molecule has 172 valence electrons. The van der Waals surface area contributed by atoms with Gasteiger partial charge in [-0.2, -0.15) is 0 Å². The van der Waals surface area contributed by atoms with Crippen molar-refractivity contribution in [2.45, 2.75) is 37.4 Å². The second-order valence-corrected chi connectivity index (χ2v) is 9.78. The summed E-state index contributed by atoms with van der Waals surface area (Å²) in [6.07, 6.45) is 4.62. The van der Waals surface area contributed by atoms with E-state index in [4.69, 9.17) is 5.84 Å². The van der Waals surface area contributed by atoms with Crippen LogP contribution in [0.1, 0.15) is 47.9 Å². The molecule has 0 aromatic heterocycles. The van der Waals surface area contributed by atoms with Crippen molar-refractivity contribution < 1.29 is 23.2 Å². The molecule has 0 fully saturated rings. The van der Waals surface area contributed by atoms with Crippen molar-refractivity contribution in [3.05, 3.63) is 76.9 Å². The molecule has 0 saturated heterocycles. The summed E-state index contributed by atoms with van der Waals surface area (Å²) >= 11 is 0. The largest absolute Gasteiger partial charge is 0.293 e. The molecule has 0 unspecified atom stereocenters. The standard InChI is InChI=1S/C23H29N3O5S/c1-4-23(22(28)25-24,32(3,30)31)19-15-8-10-16(2)20(19)18(21(27)26-29)14-9-13-17-11-6-5-7-12-17/h5-13,15,18,29H,4,14,24H2,1-3H3,(H,25,28)(H,26,27)/b13-9+/t18-,23+/m0/s1. The average molecular weight is 460 g/mol. The van der Waals surface area contributed by atoms with Crippen molar-refractivity contribution in [3.63, 3.8) is 0 Å². The molecule has 0 spiro atoms. The van der Waals surface area contributed by atoms with Gasteiger partial charge < -0.3 is 0 Å². The van der Waals surface area contributed by atoms with Crippen LogP contribution in [0.5, 0.6) is 0 Å². The van der Waals surface area contributed by atoms with Gasteiger partial charge in [0.25, 0.3) is 11.8 Å². The van der Waals surface area contributed by atoms with Crippen molar-refractivity contribution in [3.8, 4) is 0 Å². The highest BCUT2D eigenvalue weighted by molar-refractivity contribution is 7.92. The van der Waals surface area contributed by atoms with Gasteiger partial charge in [0.05, 0.1) is 5.92 Å². The van der Waals surface area contributed by atoms with Crippen LogP contribution in [-0.4, -0.2) is 31.7 Å². The smallest absolute Gasteiger partial charge is 0.259 e. The van der Waals surface area contributed by atoms with E-state index in [1.165, 1.54) is 6.07 Å². The molecule has 5 N–H and O–H groups in total. The lowest BCUT2D eigenvalue weighted by Crippen LogP contribution is -2.52. The number of hydrogen-bond acceptors (Lipinski definition) is 6. The first-order chi connectivity index (χ1) is 15.1. The van der Waals surface area contributed by atoms with E-state index in [2.05, 4.69) is 0 Å². The van der Waals surface area contributed by atoms with Crippen LogP contribution in [0.4, 0.5) is 0 Å². The number of hydroxylamine groups is 1. The SMILES string of the molecule is CC[C@](C(=O)NN)(c1cccc(C)c1[C@H](C/C=C/c1ccccc1)C(=O)NO)S(C)(=O)=O. The number of benzene rings is 2. The van der Waals surface area contributed by atoms with Crippen LogP contribution >= 0.6 is 0 Å². The zero-order chi connectivity index (χ0) is 23.9. The third-order valence-electron chi connectivity index (χ3n) is 5.64. The molecule has 32 heavy (non-hydrogen) atoms. The molecular formula is C23H29N3O5S. The third-order valence-corrected chi connectivity index (χ3v) is 7.60. The first kappa shape index (κ1) is 25.3. The van der Waals surface area contributed by atoms with Crippen molar-refractivity contribution in [2.75, 3.05) is 6.26 Å². The Kier molecular flexibility index (Phi) is 8.31. The molecule has 0 bridgehead atoms. The number of carbonyl (C=O) groups is 2. The minimum Gasteiger partial charge on any atom is -0.293 e. The summed E-state index contributed by atoms with van der Waals surface area (Å²) in [7, 11) is -4.01. The summed E-state index contributed by atoms with van der Waals surface area (Å²) in [4.78, 5) is 25.6. The molecule has 0 aliphatic rings. The molecule has 2 amide bonds. The lowest BCUT2D eigenvalue weighted by molar-refractivity contribution is -0.131. The van der Waals surface area contributed by atoms with Gasteiger partial charge in [-0.25, -0.2) is 19.7 Å². The highest BCUT2D eigenvalue weighted by Crippen LogP contribution is 2.41. The van der Waals surface area contributed by atoms with E-state index < -0.39 is 32.3 Å². The fourth-order valence-corrected chi connectivity index (χ4v) is 5.55. The predicted octanol–water partition coefficient (Wildman–Crippen LogP) is 2.33. The van der Waals surface area contributed by atoms with Gasteiger partial charge in [-0.15, -0.1) is 0 Å². The molecule has 8 nitrogen and oxygen atoms in total. The van der Waals surface area contributed by atoms with Crippen molar-refractivity contribution in [2.24, 2.45) is 5.84 Å². The molecule has 9 heteroatoms. The summed E-state index contributed by atoms with van der Waals surface area (Å²) in [5.41, 5.74) is 5.68. The molecule has 0 aliphatic carbocycles. The second kappa shape index (κ2) is 10.5. The molecule has 2 aromatic rings. The quantitative estimate of drug-likeness (QED) is 0.196. The Bertz CT molecular complexity index is 1100. The van der Waals surface area contributed by atoms with Gasteiger partial charge in [0.2, 0.25) is 0 Å². The maximum absolute atomic E-state index is 12.9. The number of nitrogens with one attached hydrogen (secondary N) is 2. The number of carbonyl (C=O) groups excluding carboxylic acids is 2. The van der Waals surface area contributed by atoms with Crippen LogP contribution in [0.2, 0.25) is 0 Å². The normalized spacial score (nSPS) is 14.5. The molecule has 2 aromatic carbocycles. The van der Waals surface area contributed by atoms with Crippen LogP contribution in [0.3, 0.4) is 0 Å². The minimum atomic E-state index is -4.01. The van der Waals surface area contributed by atoms with Crippen LogP contribution in [0.25, 0.3) is 6.08 Å². The Hall–Kier alpha value is -3.01. The van der Waals surface area contributed by atoms with E-state index in [1.807, 2.05) is 41.8 Å². The van der Waals surface area contributed by atoms with Gasteiger partial charge in [0.15, 0.2) is 14.6 Å². The highest BCUT2D eigenvalue weighted by Gasteiger charge is 2.50. The Morgan fingerprint density at radius 1 is 1.16 bits per heavy atom. The molecule has 0 aliphatic heterocycles. The number of rotatable bonds is 9. The lowest BCUT2D eigenvalue weighted by Gasteiger charge is -2.33. The molecule has 0 heterocycles. The van der Waals surface area contributed by atoms with Gasteiger partial charge in [0, 0.05) is 6.26 Å². The van der Waals surface area contributed by atoms with Crippen LogP contribution in [0, 0.1) is 6.92 Å². The highest BCUT2D eigenvalue weighted by atomic mass is 32.2.